The van der Waals surface area contributed by atoms with Crippen molar-refractivity contribution in [2.45, 2.75) is 33.2 Å². The molecule has 4 heteroatoms. The number of ether oxygens (including phenoxy) is 1. The van der Waals surface area contributed by atoms with E-state index in [1.54, 1.807) is 13.2 Å². The molecular formula is C16H27FN2O. The van der Waals surface area contributed by atoms with E-state index in [1.807, 2.05) is 13.0 Å². The maximum Gasteiger partial charge on any atom is 0.146 e. The lowest BCUT2D eigenvalue weighted by atomic mass is 10.0. The van der Waals surface area contributed by atoms with Gasteiger partial charge in [-0.15, -0.1) is 0 Å². The fourth-order valence-electron chi connectivity index (χ4n) is 2.36. The average molecular weight is 282 g/mol. The van der Waals surface area contributed by atoms with Crippen LogP contribution in [0.3, 0.4) is 0 Å². The van der Waals surface area contributed by atoms with Crippen molar-refractivity contribution in [3.63, 3.8) is 0 Å². The summed E-state index contributed by atoms with van der Waals surface area (Å²) >= 11 is 0. The van der Waals surface area contributed by atoms with Gasteiger partial charge in [0.25, 0.3) is 0 Å². The molecule has 0 aliphatic heterocycles. The van der Waals surface area contributed by atoms with Crippen LogP contribution in [-0.2, 0) is 11.2 Å². The highest BCUT2D eigenvalue weighted by molar-refractivity contribution is 5.55. The molecule has 20 heavy (non-hydrogen) atoms. The van der Waals surface area contributed by atoms with Gasteiger partial charge >= 0.3 is 0 Å². The Labute approximate surface area is 121 Å². The largest absolute Gasteiger partial charge is 0.383 e. The highest BCUT2D eigenvalue weighted by Crippen LogP contribution is 2.26. The van der Waals surface area contributed by atoms with Crippen LogP contribution < -0.4 is 10.6 Å². The zero-order chi connectivity index (χ0) is 15.1. The summed E-state index contributed by atoms with van der Waals surface area (Å²) in [5, 5.41) is 0. The van der Waals surface area contributed by atoms with E-state index < -0.39 is 0 Å². The summed E-state index contributed by atoms with van der Waals surface area (Å²) < 4.78 is 19.5. The predicted molar refractivity (Wildman–Crippen MR) is 82.7 cm³/mol. The zero-order valence-corrected chi connectivity index (χ0v) is 13.0. The van der Waals surface area contributed by atoms with Crippen LogP contribution in [0.2, 0.25) is 0 Å². The van der Waals surface area contributed by atoms with Gasteiger partial charge in [0.2, 0.25) is 0 Å². The van der Waals surface area contributed by atoms with Gasteiger partial charge in [-0.25, -0.2) is 4.39 Å². The molecule has 0 aliphatic carbocycles. The Bertz CT molecular complexity index is 407. The van der Waals surface area contributed by atoms with Crippen molar-refractivity contribution in [3.05, 3.63) is 29.6 Å². The Morgan fingerprint density at radius 1 is 1.30 bits per heavy atom. The van der Waals surface area contributed by atoms with Crippen LogP contribution in [0, 0.1) is 11.7 Å². The van der Waals surface area contributed by atoms with Crippen molar-refractivity contribution in [1.82, 2.24) is 0 Å². The van der Waals surface area contributed by atoms with Crippen molar-refractivity contribution >= 4 is 5.69 Å². The maximum atomic E-state index is 14.3. The number of nitrogens with zero attached hydrogens (tertiary/aromatic N) is 1. The highest BCUT2D eigenvalue weighted by atomic mass is 19.1. The van der Waals surface area contributed by atoms with Gasteiger partial charge in [0.05, 0.1) is 12.3 Å². The standard InChI is InChI=1S/C16H27FN2O/c1-12(2)11-19(8-9-20-4)16-14(10-13(3)18)6-5-7-15(16)17/h5-7,12-13H,8-11,18H2,1-4H3. The number of nitrogens with two attached hydrogens (primary N) is 1. The number of benzene rings is 1. The van der Waals surface area contributed by atoms with Crippen molar-refractivity contribution in [2.75, 3.05) is 31.7 Å². The quantitative estimate of drug-likeness (QED) is 0.797. The summed E-state index contributed by atoms with van der Waals surface area (Å²) in [4.78, 5) is 2.07. The summed E-state index contributed by atoms with van der Waals surface area (Å²) in [6.45, 7) is 8.27. The molecule has 1 unspecified atom stereocenters. The summed E-state index contributed by atoms with van der Waals surface area (Å²) in [7, 11) is 1.66. The van der Waals surface area contributed by atoms with E-state index in [1.165, 1.54) is 6.07 Å². The third-order valence-corrected chi connectivity index (χ3v) is 3.08. The first-order valence-corrected chi connectivity index (χ1v) is 7.22. The summed E-state index contributed by atoms with van der Waals surface area (Å²) in [6.07, 6.45) is 0.675. The normalized spacial score (nSPS) is 12.8. The minimum absolute atomic E-state index is 0.0128. The smallest absolute Gasteiger partial charge is 0.146 e. The fourth-order valence-corrected chi connectivity index (χ4v) is 2.36. The second-order valence-corrected chi connectivity index (χ2v) is 5.76. The number of halogens is 1. The second kappa shape index (κ2) is 8.22. The van der Waals surface area contributed by atoms with E-state index in [2.05, 4.69) is 18.7 Å². The van der Waals surface area contributed by atoms with Crippen LogP contribution in [0.5, 0.6) is 0 Å². The zero-order valence-electron chi connectivity index (χ0n) is 13.0. The van der Waals surface area contributed by atoms with Crippen LogP contribution >= 0.6 is 0 Å². The molecule has 1 atom stereocenters. The van der Waals surface area contributed by atoms with Crippen LogP contribution in [0.15, 0.2) is 18.2 Å². The monoisotopic (exact) mass is 282 g/mol. The third kappa shape index (κ3) is 5.10. The van der Waals surface area contributed by atoms with Gasteiger partial charge in [0.1, 0.15) is 5.82 Å². The first-order valence-electron chi connectivity index (χ1n) is 7.22. The van der Waals surface area contributed by atoms with Gasteiger partial charge in [0, 0.05) is 26.2 Å². The maximum absolute atomic E-state index is 14.3. The van der Waals surface area contributed by atoms with Crippen molar-refractivity contribution < 1.29 is 9.13 Å². The lowest BCUT2D eigenvalue weighted by molar-refractivity contribution is 0.204. The van der Waals surface area contributed by atoms with Gasteiger partial charge in [-0.2, -0.15) is 0 Å². The molecule has 2 N–H and O–H groups in total. The molecule has 0 aromatic heterocycles. The lowest BCUT2D eigenvalue weighted by Crippen LogP contribution is -2.33. The Kier molecular flexibility index (Phi) is 6.96. The number of para-hydroxylation sites is 1. The van der Waals surface area contributed by atoms with Crippen molar-refractivity contribution in [1.29, 1.82) is 0 Å². The molecule has 1 aromatic carbocycles. The molecule has 0 bridgehead atoms. The molecular weight excluding hydrogens is 255 g/mol. The van der Waals surface area contributed by atoms with Gasteiger partial charge in [-0.3, -0.25) is 0 Å². The van der Waals surface area contributed by atoms with Crippen LogP contribution in [0.4, 0.5) is 10.1 Å². The SMILES string of the molecule is COCCN(CC(C)C)c1c(F)cccc1CC(C)N. The molecule has 0 aliphatic rings. The fraction of sp³-hybridized carbons (Fsp3) is 0.625. The minimum atomic E-state index is -0.181. The molecule has 1 aromatic rings. The van der Waals surface area contributed by atoms with E-state index in [0.29, 0.717) is 31.2 Å². The summed E-state index contributed by atoms with van der Waals surface area (Å²) in [5.74, 6) is 0.273. The Balaban J connectivity index is 3.08. The summed E-state index contributed by atoms with van der Waals surface area (Å²) in [6, 6.07) is 5.24. The number of rotatable bonds is 8. The number of hydrogen-bond acceptors (Lipinski definition) is 3. The molecule has 0 heterocycles. The second-order valence-electron chi connectivity index (χ2n) is 5.76. The Morgan fingerprint density at radius 3 is 2.55 bits per heavy atom. The topological polar surface area (TPSA) is 38.5 Å². The Morgan fingerprint density at radius 2 is 2.00 bits per heavy atom. The molecule has 0 spiro atoms. The first-order chi connectivity index (χ1) is 9.45. The molecule has 0 saturated heterocycles. The van der Waals surface area contributed by atoms with Gasteiger partial charge in [0.15, 0.2) is 0 Å². The van der Waals surface area contributed by atoms with Crippen LogP contribution in [0.25, 0.3) is 0 Å². The van der Waals surface area contributed by atoms with Crippen molar-refractivity contribution in [3.8, 4) is 0 Å². The van der Waals surface area contributed by atoms with Gasteiger partial charge in [-0.1, -0.05) is 26.0 Å². The molecule has 0 amide bonds. The van der Waals surface area contributed by atoms with Crippen molar-refractivity contribution in [2.24, 2.45) is 11.7 Å². The molecule has 1 rings (SSSR count). The van der Waals surface area contributed by atoms with Crippen LogP contribution in [0.1, 0.15) is 26.3 Å². The minimum Gasteiger partial charge on any atom is -0.383 e. The van der Waals surface area contributed by atoms with E-state index in [9.17, 15) is 4.39 Å². The number of anilines is 1. The molecule has 0 saturated carbocycles. The Hall–Kier alpha value is -1.13. The summed E-state index contributed by atoms with van der Waals surface area (Å²) in [5.41, 5.74) is 7.52. The van der Waals surface area contributed by atoms with E-state index >= 15 is 0 Å². The average Bonchev–Trinajstić information content (AvgIpc) is 2.34. The molecule has 0 radical (unpaired) electrons. The van der Waals surface area contributed by atoms with Gasteiger partial charge in [-0.05, 0) is 30.9 Å². The van der Waals surface area contributed by atoms with E-state index in [-0.39, 0.29) is 11.9 Å². The predicted octanol–water partition coefficient (Wildman–Crippen LogP) is 2.82. The van der Waals surface area contributed by atoms with Crippen LogP contribution in [-0.4, -0.2) is 32.8 Å². The lowest BCUT2D eigenvalue weighted by Gasteiger charge is -2.29. The highest BCUT2D eigenvalue weighted by Gasteiger charge is 2.17. The molecule has 114 valence electrons. The first kappa shape index (κ1) is 16.9. The molecule has 0 fully saturated rings. The van der Waals surface area contributed by atoms with Gasteiger partial charge < -0.3 is 15.4 Å². The molecule has 3 nitrogen and oxygen atoms in total. The third-order valence-electron chi connectivity index (χ3n) is 3.08. The number of methoxy groups -OCH3 is 1. The van der Waals surface area contributed by atoms with E-state index in [0.717, 1.165) is 12.1 Å². The van der Waals surface area contributed by atoms with E-state index in [4.69, 9.17) is 10.5 Å². The number of hydrogen-bond donors (Lipinski definition) is 1.